The van der Waals surface area contributed by atoms with Gasteiger partial charge in [-0.2, -0.15) is 0 Å². The standard InChI is InChI=1S/C6H11O2.S.Sn.H/c1-4-8-6(7)5(2)3;;;/h5H,2,4H2,1,3H3;;;. The molecule has 2 nitrogen and oxygen atoms in total. The second-order valence-electron chi connectivity index (χ2n) is 2.06. The number of esters is 1. The number of hydrogen-bond acceptors (Lipinski definition) is 3. The van der Waals surface area contributed by atoms with Crippen LogP contribution >= 0.6 is 9.29 Å². The summed E-state index contributed by atoms with van der Waals surface area (Å²) >= 11 is -0.792. The molecule has 0 aliphatic rings. The van der Waals surface area contributed by atoms with Crippen molar-refractivity contribution in [3.05, 3.63) is 0 Å². The Bertz CT molecular complexity index is 127. The number of hydrogen-bond donors (Lipinski definition) is 0. The van der Waals surface area contributed by atoms with Crippen LogP contribution in [0.25, 0.3) is 0 Å². The van der Waals surface area contributed by atoms with Crippen molar-refractivity contribution in [1.29, 1.82) is 0 Å². The Kier molecular flexibility index (Phi) is 6.52. The summed E-state index contributed by atoms with van der Waals surface area (Å²) in [4.78, 5) is 10.9. The summed E-state index contributed by atoms with van der Waals surface area (Å²) in [5.41, 5.74) is 0. The average molecular weight is 267 g/mol. The molecule has 0 aromatic carbocycles. The van der Waals surface area contributed by atoms with E-state index in [2.05, 4.69) is 0 Å². The van der Waals surface area contributed by atoms with Crippen molar-refractivity contribution in [2.45, 2.75) is 18.3 Å². The van der Waals surface area contributed by atoms with E-state index in [1.165, 1.54) is 0 Å². The summed E-state index contributed by atoms with van der Waals surface area (Å²) in [6.07, 6.45) is 0. The van der Waals surface area contributed by atoms with E-state index in [-0.39, 0.29) is 11.9 Å². The van der Waals surface area contributed by atoms with Crippen molar-refractivity contribution in [3.63, 3.8) is 0 Å². The molecule has 0 saturated carbocycles. The summed E-state index contributed by atoms with van der Waals surface area (Å²) in [7, 11) is 4.91. The van der Waals surface area contributed by atoms with Gasteiger partial charge in [0.2, 0.25) is 0 Å². The van der Waals surface area contributed by atoms with Crippen molar-refractivity contribution in [2.24, 2.45) is 5.92 Å². The monoisotopic (exact) mass is 268 g/mol. The average Bonchev–Trinajstić information content (AvgIpc) is 1.89. The van der Waals surface area contributed by atoms with Crippen LogP contribution < -0.4 is 0 Å². The van der Waals surface area contributed by atoms with Crippen molar-refractivity contribution in [3.8, 4) is 0 Å². The van der Waals surface area contributed by atoms with Gasteiger partial charge in [0.15, 0.2) is 0 Å². The van der Waals surface area contributed by atoms with Crippen molar-refractivity contribution in [2.75, 3.05) is 6.61 Å². The van der Waals surface area contributed by atoms with Gasteiger partial charge in [-0.05, 0) is 0 Å². The molecule has 4 heteroatoms. The minimum absolute atomic E-state index is 0.0543. The Labute approximate surface area is 74.7 Å². The second-order valence-corrected chi connectivity index (χ2v) is 6.59. The minimum atomic E-state index is -0.792. The zero-order chi connectivity index (χ0) is 7.98. The van der Waals surface area contributed by atoms with Gasteiger partial charge in [0.1, 0.15) is 0 Å². The van der Waals surface area contributed by atoms with Crippen LogP contribution in [0.4, 0.5) is 0 Å². The summed E-state index contributed by atoms with van der Waals surface area (Å²) in [5.74, 6) is -0.0303. The first-order valence-electron chi connectivity index (χ1n) is 3.32. The van der Waals surface area contributed by atoms with Gasteiger partial charge in [-0.3, -0.25) is 0 Å². The van der Waals surface area contributed by atoms with Gasteiger partial charge in [-0.25, -0.2) is 0 Å². The Morgan fingerprint density at radius 1 is 1.80 bits per heavy atom. The Hall–Kier alpha value is 0.489. The molecule has 0 saturated heterocycles. The van der Waals surface area contributed by atoms with E-state index < -0.39 is 19.2 Å². The van der Waals surface area contributed by atoms with Gasteiger partial charge in [0.05, 0.1) is 0 Å². The predicted octanol–water partition coefficient (Wildman–Crippen LogP) is 1.15. The molecule has 0 heterocycles. The van der Waals surface area contributed by atoms with E-state index in [4.69, 9.17) is 14.0 Å². The van der Waals surface area contributed by atoms with Crippen LogP contribution in [0.1, 0.15) is 13.8 Å². The van der Waals surface area contributed by atoms with Crippen molar-refractivity contribution < 1.29 is 9.53 Å². The molecule has 0 aliphatic heterocycles. The van der Waals surface area contributed by atoms with Gasteiger partial charge in [-0.1, -0.05) is 0 Å². The topological polar surface area (TPSA) is 26.3 Å². The van der Waals surface area contributed by atoms with E-state index in [9.17, 15) is 4.79 Å². The third-order valence-corrected chi connectivity index (χ3v) is 5.00. The van der Waals surface area contributed by atoms with Crippen molar-refractivity contribution in [1.82, 2.24) is 0 Å². The zero-order valence-corrected chi connectivity index (χ0v) is 10.4. The van der Waals surface area contributed by atoms with Gasteiger partial charge in [-0.15, -0.1) is 0 Å². The first kappa shape index (κ1) is 10.5. The fraction of sp³-hybridized carbons (Fsp3) is 0.833. The number of carbonyl (C=O) groups is 1. The first-order valence-corrected chi connectivity index (χ1v) is 10.2. The second kappa shape index (κ2) is 6.22. The van der Waals surface area contributed by atoms with Gasteiger partial charge in [0.25, 0.3) is 0 Å². The normalized spacial score (nSPS) is 12.2. The first-order chi connectivity index (χ1) is 4.72. The van der Waals surface area contributed by atoms with Gasteiger partial charge >= 0.3 is 74.8 Å². The Balaban J connectivity index is 3.58. The molecule has 0 N–H and O–H groups in total. The third-order valence-electron chi connectivity index (χ3n) is 1.14. The van der Waals surface area contributed by atoms with Crippen LogP contribution in [0.2, 0.25) is 4.44 Å². The fourth-order valence-corrected chi connectivity index (χ4v) is 3.83. The Morgan fingerprint density at radius 3 is 2.80 bits per heavy atom. The molecule has 0 aromatic heterocycles. The molecule has 0 aliphatic carbocycles. The fourth-order valence-electron chi connectivity index (χ4n) is 0.525. The van der Waals surface area contributed by atoms with E-state index in [1.54, 1.807) is 0 Å². The molecule has 0 spiro atoms. The molecule has 1 unspecified atom stereocenters. The molecular weight excluding hydrogens is 255 g/mol. The number of carbonyl (C=O) groups excluding carboxylic acids is 1. The van der Waals surface area contributed by atoms with E-state index in [0.717, 1.165) is 4.44 Å². The summed E-state index contributed by atoms with van der Waals surface area (Å²) in [5, 5.41) is 0. The maximum atomic E-state index is 10.9. The number of ether oxygens (including phenoxy) is 1. The summed E-state index contributed by atoms with van der Waals surface area (Å²) < 4.78 is 5.74. The molecule has 0 radical (unpaired) electrons. The van der Waals surface area contributed by atoms with E-state index >= 15 is 0 Å². The SMILES string of the molecule is CCOC(=O)C(C)[CH2][SnH]=[S]. The van der Waals surface area contributed by atoms with E-state index in [0.29, 0.717) is 6.61 Å². The summed E-state index contributed by atoms with van der Waals surface area (Å²) in [6.45, 7) is 4.18. The summed E-state index contributed by atoms with van der Waals surface area (Å²) in [6, 6.07) is 0. The molecule has 58 valence electrons. The quantitative estimate of drug-likeness (QED) is 0.564. The van der Waals surface area contributed by atoms with Gasteiger partial charge in [0, 0.05) is 0 Å². The number of rotatable bonds is 4. The molecule has 0 fully saturated rings. The molecule has 0 aromatic rings. The maximum absolute atomic E-state index is 10.9. The molecule has 1 atom stereocenters. The third kappa shape index (κ3) is 4.33. The van der Waals surface area contributed by atoms with Crippen LogP contribution in [0.15, 0.2) is 0 Å². The molecule has 0 rings (SSSR count). The zero-order valence-electron chi connectivity index (χ0n) is 6.29. The van der Waals surface area contributed by atoms with Crippen molar-refractivity contribution >= 4 is 34.5 Å². The molecule has 0 bridgehead atoms. The van der Waals surface area contributed by atoms with Crippen LogP contribution in [-0.2, 0) is 9.53 Å². The van der Waals surface area contributed by atoms with Crippen LogP contribution in [0.3, 0.4) is 0 Å². The Morgan fingerprint density at radius 2 is 2.40 bits per heavy atom. The predicted molar refractivity (Wildman–Crippen MR) is 45.3 cm³/mol. The van der Waals surface area contributed by atoms with Crippen LogP contribution in [0, 0.1) is 5.92 Å². The van der Waals surface area contributed by atoms with Gasteiger partial charge < -0.3 is 0 Å². The molecule has 0 amide bonds. The van der Waals surface area contributed by atoms with Crippen LogP contribution in [0.5, 0.6) is 0 Å². The molecular formula is C6H12O2SSn. The molecule has 10 heavy (non-hydrogen) atoms. The van der Waals surface area contributed by atoms with Crippen LogP contribution in [-0.4, -0.2) is 31.8 Å². The van der Waals surface area contributed by atoms with E-state index in [1.807, 2.05) is 13.8 Å².